The van der Waals surface area contributed by atoms with E-state index in [0.29, 0.717) is 6.54 Å². The van der Waals surface area contributed by atoms with E-state index < -0.39 is 0 Å². The van der Waals surface area contributed by atoms with Gasteiger partial charge in [-0.1, -0.05) is 5.16 Å². The number of rotatable bonds is 0. The fourth-order valence-corrected chi connectivity index (χ4v) is 0.764. The van der Waals surface area contributed by atoms with Crippen LogP contribution in [-0.4, -0.2) is 24.0 Å². The van der Waals surface area contributed by atoms with E-state index in [4.69, 9.17) is 5.21 Å². The van der Waals surface area contributed by atoms with Gasteiger partial charge in [-0.15, -0.1) is 0 Å². The molecule has 1 fully saturated rings. The van der Waals surface area contributed by atoms with Gasteiger partial charge in [0.15, 0.2) is 0 Å². The van der Waals surface area contributed by atoms with Crippen molar-refractivity contribution in [3.05, 3.63) is 0 Å². The van der Waals surface area contributed by atoms with Crippen LogP contribution in [0.3, 0.4) is 0 Å². The lowest BCUT2D eigenvalue weighted by molar-refractivity contribution is 0.315. The first-order valence-corrected chi connectivity index (χ1v) is 2.76. The van der Waals surface area contributed by atoms with Gasteiger partial charge < -0.3 is 5.21 Å². The van der Waals surface area contributed by atoms with Crippen molar-refractivity contribution in [3.63, 3.8) is 0 Å². The molecule has 1 aliphatic rings. The summed E-state index contributed by atoms with van der Waals surface area (Å²) in [6, 6.07) is 0. The van der Waals surface area contributed by atoms with Gasteiger partial charge in [-0.3, -0.25) is 0 Å². The summed E-state index contributed by atoms with van der Waals surface area (Å²) in [5, 5.41) is 15.3. The number of piperidine rings is 1. The van der Waals surface area contributed by atoms with Gasteiger partial charge in [0.05, 0.1) is 12.3 Å². The third kappa shape index (κ3) is 1.20. The lowest BCUT2D eigenvalue weighted by Gasteiger charge is -2.09. The first kappa shape index (κ1) is 5.56. The van der Waals surface area contributed by atoms with Crippen LogP contribution in [0.15, 0.2) is 5.16 Å². The third-order valence-electron chi connectivity index (χ3n) is 1.22. The normalized spacial score (nSPS) is 26.2. The van der Waals surface area contributed by atoms with Crippen LogP contribution in [0.1, 0.15) is 12.8 Å². The molecule has 1 radical (unpaired) electrons. The highest BCUT2D eigenvalue weighted by Gasteiger charge is 2.05. The van der Waals surface area contributed by atoms with Crippen molar-refractivity contribution in [2.24, 2.45) is 5.16 Å². The maximum absolute atomic E-state index is 8.22. The highest BCUT2D eigenvalue weighted by Crippen LogP contribution is 1.97. The van der Waals surface area contributed by atoms with Crippen molar-refractivity contribution < 1.29 is 5.21 Å². The van der Waals surface area contributed by atoms with Gasteiger partial charge in [-0.2, -0.15) is 0 Å². The van der Waals surface area contributed by atoms with Crippen LogP contribution in [0.2, 0.25) is 0 Å². The lowest BCUT2D eigenvalue weighted by atomic mass is 10.1. The molecule has 1 saturated heterocycles. The monoisotopic (exact) mass is 113 g/mol. The van der Waals surface area contributed by atoms with Gasteiger partial charge in [0.25, 0.3) is 0 Å². The second kappa shape index (κ2) is 2.67. The largest absolute Gasteiger partial charge is 0.411 e. The Balaban J connectivity index is 2.33. The van der Waals surface area contributed by atoms with Crippen LogP contribution >= 0.6 is 0 Å². The number of oxime groups is 1. The molecule has 0 aromatic rings. The van der Waals surface area contributed by atoms with E-state index in [1.165, 1.54) is 0 Å². The molecule has 0 bridgehead atoms. The fourth-order valence-electron chi connectivity index (χ4n) is 0.764. The minimum atomic E-state index is 0.635. The maximum atomic E-state index is 8.22. The van der Waals surface area contributed by atoms with Crippen LogP contribution in [0.25, 0.3) is 0 Å². The van der Waals surface area contributed by atoms with Gasteiger partial charge in [0.1, 0.15) is 0 Å². The summed E-state index contributed by atoms with van der Waals surface area (Å²) in [7, 11) is 0. The number of hydrogen-bond donors (Lipinski definition) is 1. The van der Waals surface area contributed by atoms with Gasteiger partial charge in [0.2, 0.25) is 0 Å². The summed E-state index contributed by atoms with van der Waals surface area (Å²) in [4.78, 5) is 0. The van der Waals surface area contributed by atoms with Crippen molar-refractivity contribution in [2.75, 3.05) is 13.1 Å². The Hall–Kier alpha value is -0.570. The zero-order chi connectivity index (χ0) is 5.82. The predicted octanol–water partition coefficient (Wildman–Crippen LogP) is 0.215. The molecule has 8 heavy (non-hydrogen) atoms. The second-order valence-corrected chi connectivity index (χ2v) is 1.88. The fraction of sp³-hybridized carbons (Fsp3) is 0.800. The zero-order valence-corrected chi connectivity index (χ0v) is 4.67. The van der Waals surface area contributed by atoms with Crippen LogP contribution in [-0.2, 0) is 0 Å². The molecule has 0 amide bonds. The van der Waals surface area contributed by atoms with E-state index in [9.17, 15) is 0 Å². The lowest BCUT2D eigenvalue weighted by Crippen LogP contribution is -2.23. The van der Waals surface area contributed by atoms with Crippen molar-refractivity contribution in [1.82, 2.24) is 5.32 Å². The number of nitrogens with zero attached hydrogens (tertiary/aromatic N) is 2. The van der Waals surface area contributed by atoms with Crippen LogP contribution in [0, 0.1) is 0 Å². The summed E-state index contributed by atoms with van der Waals surface area (Å²) < 4.78 is 0. The first-order valence-electron chi connectivity index (χ1n) is 2.76. The van der Waals surface area contributed by atoms with Gasteiger partial charge in [-0.25, -0.2) is 5.32 Å². The van der Waals surface area contributed by atoms with Gasteiger partial charge in [-0.05, 0) is 12.8 Å². The smallest absolute Gasteiger partial charge is 0.0725 e. The summed E-state index contributed by atoms with van der Waals surface area (Å²) in [6.07, 6.45) is 1.96. The van der Waals surface area contributed by atoms with Crippen molar-refractivity contribution in [1.29, 1.82) is 0 Å². The second-order valence-electron chi connectivity index (χ2n) is 1.88. The molecule has 1 heterocycles. The maximum Gasteiger partial charge on any atom is 0.0725 e. The Bertz CT molecular complexity index is 92.6. The molecule has 0 aliphatic carbocycles. The molecule has 1 N–H and O–H groups in total. The molecule has 0 unspecified atom stereocenters. The highest BCUT2D eigenvalue weighted by molar-refractivity contribution is 5.86. The first-order chi connectivity index (χ1) is 3.93. The quantitative estimate of drug-likeness (QED) is 0.354. The molecule has 0 aromatic heterocycles. The van der Waals surface area contributed by atoms with E-state index in [1.807, 2.05) is 0 Å². The third-order valence-corrected chi connectivity index (χ3v) is 1.22. The van der Waals surface area contributed by atoms with E-state index >= 15 is 0 Å². The van der Waals surface area contributed by atoms with E-state index in [2.05, 4.69) is 10.5 Å². The van der Waals surface area contributed by atoms with E-state index in [0.717, 1.165) is 25.1 Å². The SMILES string of the molecule is ON=C1CCC[N]C1. The van der Waals surface area contributed by atoms with Gasteiger partial charge in [0, 0.05) is 6.54 Å². The summed E-state index contributed by atoms with van der Waals surface area (Å²) >= 11 is 0. The van der Waals surface area contributed by atoms with Gasteiger partial charge >= 0.3 is 0 Å². The molecule has 3 nitrogen and oxygen atoms in total. The molecule has 0 aromatic carbocycles. The molecular weight excluding hydrogens is 104 g/mol. The predicted molar refractivity (Wildman–Crippen MR) is 30.3 cm³/mol. The highest BCUT2D eigenvalue weighted by atomic mass is 16.4. The molecule has 1 aliphatic heterocycles. The summed E-state index contributed by atoms with van der Waals surface area (Å²) in [5.74, 6) is 0. The average Bonchev–Trinajstić information content (AvgIpc) is 1.90. The van der Waals surface area contributed by atoms with Crippen molar-refractivity contribution in [3.8, 4) is 0 Å². The Kier molecular flexibility index (Phi) is 1.86. The Morgan fingerprint density at radius 1 is 1.62 bits per heavy atom. The minimum absolute atomic E-state index is 0.635. The van der Waals surface area contributed by atoms with Crippen molar-refractivity contribution in [2.45, 2.75) is 12.8 Å². The summed E-state index contributed by atoms with van der Waals surface area (Å²) in [6.45, 7) is 1.56. The standard InChI is InChI=1S/C5H9N2O/c8-7-5-2-1-3-6-4-5/h8H,1-4H2. The van der Waals surface area contributed by atoms with E-state index in [-0.39, 0.29) is 0 Å². The topological polar surface area (TPSA) is 46.7 Å². The van der Waals surface area contributed by atoms with Crippen LogP contribution < -0.4 is 5.32 Å². The van der Waals surface area contributed by atoms with Crippen LogP contribution in [0.5, 0.6) is 0 Å². The van der Waals surface area contributed by atoms with E-state index in [1.54, 1.807) is 0 Å². The molecular formula is C5H9N2O. The van der Waals surface area contributed by atoms with Crippen LogP contribution in [0.4, 0.5) is 0 Å². The number of hydrogen-bond acceptors (Lipinski definition) is 2. The van der Waals surface area contributed by atoms with Crippen molar-refractivity contribution >= 4 is 5.71 Å². The zero-order valence-electron chi connectivity index (χ0n) is 4.67. The molecule has 0 saturated carbocycles. The Morgan fingerprint density at radius 3 is 2.88 bits per heavy atom. The Labute approximate surface area is 48.4 Å². The summed E-state index contributed by atoms with van der Waals surface area (Å²) in [5.41, 5.74) is 0.816. The average molecular weight is 113 g/mol. The minimum Gasteiger partial charge on any atom is -0.411 e. The Morgan fingerprint density at radius 2 is 2.50 bits per heavy atom. The molecule has 3 heteroatoms. The molecule has 0 atom stereocenters. The molecule has 0 spiro atoms. The molecule has 1 rings (SSSR count). The molecule has 45 valence electrons.